The quantitative estimate of drug-likeness (QED) is 0.640. The summed E-state index contributed by atoms with van der Waals surface area (Å²) in [6, 6.07) is 7.30. The van der Waals surface area contributed by atoms with Crippen LogP contribution in [0.2, 0.25) is 0 Å². The Labute approximate surface area is 113 Å². The van der Waals surface area contributed by atoms with Crippen molar-refractivity contribution in [2.24, 2.45) is 0 Å². The van der Waals surface area contributed by atoms with Gasteiger partial charge in [-0.1, -0.05) is 12.1 Å². The van der Waals surface area contributed by atoms with Crippen molar-refractivity contribution in [2.45, 2.75) is 11.1 Å². The van der Waals surface area contributed by atoms with Crippen LogP contribution in [0.25, 0.3) is 10.1 Å². The lowest BCUT2D eigenvalue weighted by Crippen LogP contribution is -2.18. The summed E-state index contributed by atoms with van der Waals surface area (Å²) in [6.07, 6.45) is 1.85. The van der Waals surface area contributed by atoms with E-state index in [9.17, 15) is 9.59 Å². The Balaban J connectivity index is 2.74. The Morgan fingerprint density at radius 1 is 1.39 bits per heavy atom. The van der Waals surface area contributed by atoms with Crippen LogP contribution in [0, 0.1) is 0 Å². The molecule has 1 aromatic heterocycles. The number of hydrogen-bond acceptors (Lipinski definition) is 5. The molecule has 0 N–H and O–H groups in total. The van der Waals surface area contributed by atoms with Gasteiger partial charge in [0.1, 0.15) is 5.56 Å². The first kappa shape index (κ1) is 13.1. The van der Waals surface area contributed by atoms with Crippen LogP contribution in [-0.2, 0) is 4.74 Å². The van der Waals surface area contributed by atoms with Crippen LogP contribution in [0.15, 0.2) is 33.3 Å². The Bertz CT molecular complexity index is 646. The van der Waals surface area contributed by atoms with Crippen LogP contribution in [0.5, 0.6) is 0 Å². The highest BCUT2D eigenvalue weighted by Crippen LogP contribution is 2.29. The molecule has 5 heteroatoms. The zero-order chi connectivity index (χ0) is 13.1. The molecule has 0 fully saturated rings. The Hall–Kier alpha value is -1.33. The average Bonchev–Trinajstić information content (AvgIpc) is 2.38. The second kappa shape index (κ2) is 5.54. The summed E-state index contributed by atoms with van der Waals surface area (Å²) >= 11 is 2.84. The number of carbonyl (C=O) groups excluding carboxylic acids is 1. The molecule has 2 aromatic rings. The van der Waals surface area contributed by atoms with E-state index in [0.29, 0.717) is 9.60 Å². The standard InChI is InChI=1S/C13H12O3S2/c1-3-16-12(15)10-11(14)8-6-4-5-7-9(8)18-13(10)17-2/h4-7H,3H2,1-2H3. The number of esters is 1. The van der Waals surface area contributed by atoms with Gasteiger partial charge in [0.2, 0.25) is 5.43 Å². The highest BCUT2D eigenvalue weighted by atomic mass is 32.2. The molecule has 0 aliphatic carbocycles. The number of benzene rings is 1. The van der Waals surface area contributed by atoms with Gasteiger partial charge in [0.15, 0.2) is 0 Å². The van der Waals surface area contributed by atoms with Crippen LogP contribution in [-0.4, -0.2) is 18.8 Å². The predicted octanol–water partition coefficient (Wildman–Crippen LogP) is 3.16. The van der Waals surface area contributed by atoms with Gasteiger partial charge in [-0.2, -0.15) is 0 Å². The third-order valence-electron chi connectivity index (χ3n) is 2.43. The Kier molecular flexibility index (Phi) is 4.04. The summed E-state index contributed by atoms with van der Waals surface area (Å²) in [5, 5.41) is 0.573. The number of ether oxygens (including phenoxy) is 1. The molecule has 0 unspecified atom stereocenters. The number of carbonyl (C=O) groups is 1. The summed E-state index contributed by atoms with van der Waals surface area (Å²) in [4.78, 5) is 24.2. The number of hydrogen-bond donors (Lipinski definition) is 0. The summed E-state index contributed by atoms with van der Waals surface area (Å²) in [5.41, 5.74) is -0.0831. The average molecular weight is 280 g/mol. The fourth-order valence-corrected chi connectivity index (χ4v) is 3.52. The van der Waals surface area contributed by atoms with Gasteiger partial charge in [-0.15, -0.1) is 23.1 Å². The second-order valence-electron chi connectivity index (χ2n) is 3.51. The first-order chi connectivity index (χ1) is 8.69. The lowest BCUT2D eigenvalue weighted by molar-refractivity contribution is 0.0522. The molecule has 0 aliphatic rings. The van der Waals surface area contributed by atoms with Gasteiger partial charge < -0.3 is 4.74 Å². The summed E-state index contributed by atoms with van der Waals surface area (Å²) in [7, 11) is 0. The molecule has 3 nitrogen and oxygen atoms in total. The van der Waals surface area contributed by atoms with Crippen molar-refractivity contribution in [2.75, 3.05) is 12.9 Å². The molecule has 0 saturated heterocycles. The van der Waals surface area contributed by atoms with Crippen LogP contribution in [0.4, 0.5) is 0 Å². The fraction of sp³-hybridized carbons (Fsp3) is 0.231. The third kappa shape index (κ3) is 2.28. The molecule has 0 bridgehead atoms. The molecule has 1 aromatic carbocycles. The van der Waals surface area contributed by atoms with Crippen molar-refractivity contribution in [3.63, 3.8) is 0 Å². The van der Waals surface area contributed by atoms with Crippen molar-refractivity contribution in [3.8, 4) is 0 Å². The van der Waals surface area contributed by atoms with Crippen LogP contribution in [0.3, 0.4) is 0 Å². The van der Waals surface area contributed by atoms with E-state index in [1.807, 2.05) is 18.4 Å². The normalized spacial score (nSPS) is 10.6. The first-order valence-corrected chi connectivity index (χ1v) is 7.50. The van der Waals surface area contributed by atoms with E-state index in [2.05, 4.69) is 0 Å². The van der Waals surface area contributed by atoms with Gasteiger partial charge in [-0.25, -0.2) is 4.79 Å². The smallest absolute Gasteiger partial charge is 0.344 e. The molecule has 0 saturated carbocycles. The third-order valence-corrected chi connectivity index (χ3v) is 4.72. The maximum atomic E-state index is 12.3. The van der Waals surface area contributed by atoms with Crippen molar-refractivity contribution >= 4 is 39.2 Å². The number of fused-ring (bicyclic) bond motifs is 1. The first-order valence-electron chi connectivity index (χ1n) is 5.46. The van der Waals surface area contributed by atoms with E-state index >= 15 is 0 Å². The minimum atomic E-state index is -0.533. The maximum absolute atomic E-state index is 12.3. The molecule has 2 rings (SSSR count). The van der Waals surface area contributed by atoms with E-state index in [0.717, 1.165) is 4.70 Å². The molecule has 0 radical (unpaired) electrons. The molecule has 0 spiro atoms. The molecule has 18 heavy (non-hydrogen) atoms. The largest absolute Gasteiger partial charge is 0.462 e. The molecule has 0 atom stereocenters. The van der Waals surface area contributed by atoms with Crippen molar-refractivity contribution in [1.82, 2.24) is 0 Å². The lowest BCUT2D eigenvalue weighted by atomic mass is 10.2. The van der Waals surface area contributed by atoms with E-state index in [1.165, 1.54) is 23.1 Å². The minimum Gasteiger partial charge on any atom is -0.462 e. The molecular weight excluding hydrogens is 268 g/mol. The van der Waals surface area contributed by atoms with Gasteiger partial charge in [0.05, 0.1) is 10.8 Å². The van der Waals surface area contributed by atoms with E-state index in [4.69, 9.17) is 4.74 Å². The summed E-state index contributed by atoms with van der Waals surface area (Å²) in [6.45, 7) is 2.00. The van der Waals surface area contributed by atoms with Gasteiger partial charge in [-0.05, 0) is 25.3 Å². The van der Waals surface area contributed by atoms with Gasteiger partial charge >= 0.3 is 5.97 Å². The van der Waals surface area contributed by atoms with Crippen molar-refractivity contribution in [1.29, 1.82) is 0 Å². The zero-order valence-corrected chi connectivity index (χ0v) is 11.7. The van der Waals surface area contributed by atoms with Crippen LogP contribution < -0.4 is 5.43 Å². The van der Waals surface area contributed by atoms with Gasteiger partial charge in [0, 0.05) is 10.1 Å². The predicted molar refractivity (Wildman–Crippen MR) is 75.8 cm³/mol. The molecule has 0 amide bonds. The number of thioether (sulfide) groups is 1. The van der Waals surface area contributed by atoms with Crippen LogP contribution in [0.1, 0.15) is 17.3 Å². The van der Waals surface area contributed by atoms with Crippen LogP contribution >= 0.6 is 23.1 Å². The van der Waals surface area contributed by atoms with Crippen molar-refractivity contribution < 1.29 is 9.53 Å². The van der Waals surface area contributed by atoms with E-state index < -0.39 is 5.97 Å². The molecular formula is C13H12O3S2. The molecule has 94 valence electrons. The molecule has 1 heterocycles. The monoisotopic (exact) mass is 280 g/mol. The second-order valence-corrected chi connectivity index (χ2v) is 5.64. The maximum Gasteiger partial charge on any atom is 0.344 e. The fourth-order valence-electron chi connectivity index (χ4n) is 1.64. The van der Waals surface area contributed by atoms with Crippen molar-refractivity contribution in [3.05, 3.63) is 40.1 Å². The Morgan fingerprint density at radius 2 is 2.11 bits per heavy atom. The number of rotatable bonds is 3. The Morgan fingerprint density at radius 3 is 2.78 bits per heavy atom. The highest BCUT2D eigenvalue weighted by Gasteiger charge is 2.19. The molecule has 0 aliphatic heterocycles. The lowest BCUT2D eigenvalue weighted by Gasteiger charge is -2.07. The minimum absolute atomic E-state index is 0.160. The summed E-state index contributed by atoms with van der Waals surface area (Å²) < 4.78 is 6.55. The zero-order valence-electron chi connectivity index (χ0n) is 10.1. The topological polar surface area (TPSA) is 43.4 Å². The van der Waals surface area contributed by atoms with Gasteiger partial charge in [-0.3, -0.25) is 4.79 Å². The highest BCUT2D eigenvalue weighted by molar-refractivity contribution is 8.00. The van der Waals surface area contributed by atoms with Gasteiger partial charge in [0.25, 0.3) is 0 Å². The SMILES string of the molecule is CCOC(=O)c1c(SC)sc2ccccc2c1=O. The summed E-state index contributed by atoms with van der Waals surface area (Å²) in [5.74, 6) is -0.533. The van der Waals surface area contributed by atoms with E-state index in [-0.39, 0.29) is 17.6 Å². The van der Waals surface area contributed by atoms with E-state index in [1.54, 1.807) is 19.1 Å².